The zero-order chi connectivity index (χ0) is 21.5. The van der Waals surface area contributed by atoms with Crippen molar-refractivity contribution < 1.29 is 9.84 Å². The molecule has 5 heteroatoms. The van der Waals surface area contributed by atoms with E-state index >= 15 is 0 Å². The SMILES string of the molecule is N#Cc1ccc(CN2CCCN(C[C@H](O)COc3cccc4ccccc34)CC2)cc1. The molecule has 160 valence electrons. The fraction of sp³-hybridized carbons (Fsp3) is 0.346. The van der Waals surface area contributed by atoms with Crippen LogP contribution in [0.4, 0.5) is 0 Å². The van der Waals surface area contributed by atoms with Gasteiger partial charge in [0, 0.05) is 31.6 Å². The van der Waals surface area contributed by atoms with Crippen molar-refractivity contribution >= 4 is 10.8 Å². The molecule has 3 aromatic carbocycles. The number of fused-ring (bicyclic) bond motifs is 1. The first kappa shape index (κ1) is 21.3. The van der Waals surface area contributed by atoms with E-state index in [9.17, 15) is 5.11 Å². The van der Waals surface area contributed by atoms with Crippen molar-refractivity contribution in [2.45, 2.75) is 19.1 Å². The molecule has 0 spiro atoms. The van der Waals surface area contributed by atoms with Gasteiger partial charge in [0.15, 0.2) is 0 Å². The van der Waals surface area contributed by atoms with Crippen molar-refractivity contribution in [2.24, 2.45) is 0 Å². The predicted octanol–water partition coefficient (Wildman–Crippen LogP) is 3.66. The van der Waals surface area contributed by atoms with Crippen LogP contribution in [-0.2, 0) is 6.54 Å². The Morgan fingerprint density at radius 3 is 2.48 bits per heavy atom. The number of benzene rings is 3. The Balaban J connectivity index is 1.25. The van der Waals surface area contributed by atoms with Gasteiger partial charge in [0.05, 0.1) is 11.6 Å². The van der Waals surface area contributed by atoms with E-state index in [-0.39, 0.29) is 0 Å². The topological polar surface area (TPSA) is 59.7 Å². The second-order valence-corrected chi connectivity index (χ2v) is 8.18. The molecular formula is C26H29N3O2. The smallest absolute Gasteiger partial charge is 0.127 e. The maximum atomic E-state index is 10.6. The van der Waals surface area contributed by atoms with Gasteiger partial charge >= 0.3 is 0 Å². The van der Waals surface area contributed by atoms with Crippen LogP contribution in [0.25, 0.3) is 10.8 Å². The summed E-state index contributed by atoms with van der Waals surface area (Å²) in [5.41, 5.74) is 1.93. The van der Waals surface area contributed by atoms with Crippen molar-refractivity contribution in [1.29, 1.82) is 5.26 Å². The molecule has 1 aliphatic heterocycles. The van der Waals surface area contributed by atoms with Gasteiger partial charge in [-0.25, -0.2) is 0 Å². The molecule has 0 radical (unpaired) electrons. The monoisotopic (exact) mass is 415 g/mol. The second kappa shape index (κ2) is 10.4. The van der Waals surface area contributed by atoms with Gasteiger partial charge in [-0.3, -0.25) is 9.80 Å². The Morgan fingerprint density at radius 1 is 0.903 bits per heavy atom. The number of β-amino-alcohol motifs (C(OH)–C–C–N with tert-alkyl or cyclic N) is 1. The zero-order valence-electron chi connectivity index (χ0n) is 17.8. The van der Waals surface area contributed by atoms with E-state index in [1.807, 2.05) is 54.6 Å². The molecule has 31 heavy (non-hydrogen) atoms. The fourth-order valence-corrected chi connectivity index (χ4v) is 4.17. The summed E-state index contributed by atoms with van der Waals surface area (Å²) < 4.78 is 5.96. The van der Waals surface area contributed by atoms with E-state index in [1.165, 1.54) is 5.56 Å². The van der Waals surface area contributed by atoms with Gasteiger partial charge in [0.25, 0.3) is 0 Å². The number of ether oxygens (including phenoxy) is 1. The first-order chi connectivity index (χ1) is 15.2. The van der Waals surface area contributed by atoms with E-state index in [1.54, 1.807) is 0 Å². The highest BCUT2D eigenvalue weighted by atomic mass is 16.5. The molecule has 1 atom stereocenters. The third kappa shape index (κ3) is 5.83. The molecule has 0 aromatic heterocycles. The average Bonchev–Trinajstić information content (AvgIpc) is 3.03. The molecule has 1 aliphatic rings. The third-order valence-corrected chi connectivity index (χ3v) is 5.82. The lowest BCUT2D eigenvalue weighted by atomic mass is 10.1. The maximum absolute atomic E-state index is 10.6. The second-order valence-electron chi connectivity index (χ2n) is 8.18. The summed E-state index contributed by atoms with van der Waals surface area (Å²) in [5.74, 6) is 0.821. The van der Waals surface area contributed by atoms with Crippen LogP contribution < -0.4 is 4.74 Å². The van der Waals surface area contributed by atoms with Crippen LogP contribution in [-0.4, -0.2) is 60.3 Å². The predicted molar refractivity (Wildman–Crippen MR) is 123 cm³/mol. The molecular weight excluding hydrogens is 386 g/mol. The van der Waals surface area contributed by atoms with E-state index in [4.69, 9.17) is 10.00 Å². The number of hydrogen-bond acceptors (Lipinski definition) is 5. The molecule has 0 bridgehead atoms. The molecule has 5 nitrogen and oxygen atoms in total. The summed E-state index contributed by atoms with van der Waals surface area (Å²) in [5, 5.41) is 21.7. The molecule has 4 rings (SSSR count). The van der Waals surface area contributed by atoms with Gasteiger partial charge in [-0.1, -0.05) is 48.5 Å². The summed E-state index contributed by atoms with van der Waals surface area (Å²) in [4.78, 5) is 4.77. The number of nitriles is 1. The lowest BCUT2D eigenvalue weighted by molar-refractivity contribution is 0.0698. The molecule has 1 fully saturated rings. The van der Waals surface area contributed by atoms with Crippen LogP contribution in [0, 0.1) is 11.3 Å². The molecule has 1 saturated heterocycles. The van der Waals surface area contributed by atoms with Gasteiger partial charge in [0.1, 0.15) is 18.5 Å². The van der Waals surface area contributed by atoms with E-state index in [0.717, 1.165) is 55.7 Å². The van der Waals surface area contributed by atoms with Crippen molar-refractivity contribution in [3.05, 3.63) is 77.9 Å². The van der Waals surface area contributed by atoms with Gasteiger partial charge in [-0.15, -0.1) is 0 Å². The Morgan fingerprint density at radius 2 is 1.65 bits per heavy atom. The van der Waals surface area contributed by atoms with Gasteiger partial charge in [-0.2, -0.15) is 5.26 Å². The number of aliphatic hydroxyl groups excluding tert-OH is 1. The van der Waals surface area contributed by atoms with Gasteiger partial charge in [-0.05, 0) is 48.7 Å². The van der Waals surface area contributed by atoms with Crippen molar-refractivity contribution in [3.8, 4) is 11.8 Å². The fourth-order valence-electron chi connectivity index (χ4n) is 4.17. The Labute approximate surface area is 184 Å². The van der Waals surface area contributed by atoms with E-state index < -0.39 is 6.10 Å². The van der Waals surface area contributed by atoms with E-state index in [0.29, 0.717) is 18.7 Å². The Bertz CT molecular complexity index is 1020. The summed E-state index contributed by atoms with van der Waals surface area (Å²) in [7, 11) is 0. The van der Waals surface area contributed by atoms with Crippen LogP contribution in [0.3, 0.4) is 0 Å². The largest absolute Gasteiger partial charge is 0.490 e. The zero-order valence-corrected chi connectivity index (χ0v) is 17.8. The van der Waals surface area contributed by atoms with Crippen molar-refractivity contribution in [2.75, 3.05) is 39.3 Å². The molecule has 0 amide bonds. The number of rotatable bonds is 7. The van der Waals surface area contributed by atoms with Crippen LogP contribution in [0.15, 0.2) is 66.7 Å². The minimum absolute atomic E-state index is 0.291. The standard InChI is InChI=1S/C26H29N3O2/c27-17-21-9-11-22(12-10-21)18-28-13-4-14-29(16-15-28)19-24(30)20-31-26-8-3-6-23-5-1-2-7-25(23)26/h1-3,5-12,24,30H,4,13-16,18-20H2/t24-/m0/s1. The Kier molecular flexibility index (Phi) is 7.16. The number of nitrogens with zero attached hydrogens (tertiary/aromatic N) is 3. The van der Waals surface area contributed by atoms with Crippen LogP contribution in [0.2, 0.25) is 0 Å². The third-order valence-electron chi connectivity index (χ3n) is 5.82. The summed E-state index contributed by atoms with van der Waals surface area (Å²) in [6, 6.07) is 24.2. The van der Waals surface area contributed by atoms with E-state index in [2.05, 4.69) is 28.0 Å². The number of aliphatic hydroxyl groups is 1. The maximum Gasteiger partial charge on any atom is 0.127 e. The van der Waals surface area contributed by atoms with Crippen LogP contribution in [0.5, 0.6) is 5.75 Å². The minimum atomic E-state index is -0.524. The summed E-state index contributed by atoms with van der Waals surface area (Å²) >= 11 is 0. The highest BCUT2D eigenvalue weighted by Crippen LogP contribution is 2.25. The molecule has 3 aromatic rings. The highest BCUT2D eigenvalue weighted by molar-refractivity contribution is 5.88. The quantitative estimate of drug-likeness (QED) is 0.638. The summed E-state index contributed by atoms with van der Waals surface area (Å²) in [6.45, 7) is 5.73. The average molecular weight is 416 g/mol. The molecule has 1 heterocycles. The van der Waals surface area contributed by atoms with Crippen molar-refractivity contribution in [1.82, 2.24) is 9.80 Å². The molecule has 0 aliphatic carbocycles. The van der Waals surface area contributed by atoms with Crippen LogP contribution >= 0.6 is 0 Å². The van der Waals surface area contributed by atoms with Gasteiger partial charge in [0.2, 0.25) is 0 Å². The summed E-state index contributed by atoms with van der Waals surface area (Å²) in [6.07, 6.45) is 0.553. The Hall–Kier alpha value is -2.91. The minimum Gasteiger partial charge on any atom is -0.490 e. The molecule has 0 saturated carbocycles. The first-order valence-corrected chi connectivity index (χ1v) is 10.9. The normalized spacial score (nSPS) is 16.5. The van der Waals surface area contributed by atoms with Crippen LogP contribution in [0.1, 0.15) is 17.5 Å². The first-order valence-electron chi connectivity index (χ1n) is 10.9. The lowest BCUT2D eigenvalue weighted by Crippen LogP contribution is -2.38. The van der Waals surface area contributed by atoms with Crippen molar-refractivity contribution in [3.63, 3.8) is 0 Å². The highest BCUT2D eigenvalue weighted by Gasteiger charge is 2.18. The molecule has 1 N–H and O–H groups in total. The lowest BCUT2D eigenvalue weighted by Gasteiger charge is -2.24. The number of hydrogen-bond donors (Lipinski definition) is 1. The molecule has 0 unspecified atom stereocenters. The van der Waals surface area contributed by atoms with Gasteiger partial charge < -0.3 is 9.84 Å².